The summed E-state index contributed by atoms with van der Waals surface area (Å²) in [6, 6.07) is 15.3. The minimum atomic E-state index is -1.08. The lowest BCUT2D eigenvalue weighted by Crippen LogP contribution is -2.55. The zero-order chi connectivity index (χ0) is 29.6. The van der Waals surface area contributed by atoms with Crippen molar-refractivity contribution in [1.29, 1.82) is 5.41 Å². The topological polar surface area (TPSA) is 203 Å². The zero-order valence-corrected chi connectivity index (χ0v) is 22.5. The molecule has 0 saturated heterocycles. The van der Waals surface area contributed by atoms with Gasteiger partial charge in [-0.3, -0.25) is 30.2 Å². The number of aryl methyl sites for hydroxylation is 1. The Morgan fingerprint density at radius 2 is 1.46 bits per heavy atom. The summed E-state index contributed by atoms with van der Waals surface area (Å²) < 4.78 is 0. The fraction of sp³-hybridized carbons (Fsp3) is 0.276. The number of amidine groups is 1. The van der Waals surface area contributed by atoms with Gasteiger partial charge >= 0.3 is 5.97 Å². The van der Waals surface area contributed by atoms with E-state index in [1.54, 1.807) is 60.9 Å². The zero-order valence-electron chi connectivity index (χ0n) is 22.5. The van der Waals surface area contributed by atoms with E-state index in [1.807, 2.05) is 12.1 Å². The largest absolute Gasteiger partial charge is 0.508 e. The molecular weight excluding hydrogens is 526 g/mol. The Balaban J connectivity index is 1.65. The number of carboxylic acid groups (broad SMARTS) is 1. The average molecular weight is 562 g/mol. The van der Waals surface area contributed by atoms with Crippen molar-refractivity contribution >= 4 is 23.6 Å². The summed E-state index contributed by atoms with van der Waals surface area (Å²) in [6.45, 7) is 0.513. The van der Waals surface area contributed by atoms with Crippen LogP contribution in [0.3, 0.4) is 0 Å². The molecule has 0 fully saturated rings. The van der Waals surface area contributed by atoms with Gasteiger partial charge < -0.3 is 26.6 Å². The first-order chi connectivity index (χ1) is 19.7. The molecule has 3 aromatic rings. The molecule has 2 aromatic carbocycles. The van der Waals surface area contributed by atoms with Crippen LogP contribution in [0.15, 0.2) is 73.1 Å². The maximum atomic E-state index is 13.4. The molecule has 0 unspecified atom stereocenters. The Hall–Kier alpha value is -4.81. The van der Waals surface area contributed by atoms with E-state index in [9.17, 15) is 24.6 Å². The number of amides is 2. The van der Waals surface area contributed by atoms with Gasteiger partial charge in [-0.2, -0.15) is 0 Å². The molecule has 0 spiro atoms. The number of carboxylic acids is 1. The van der Waals surface area contributed by atoms with Crippen molar-refractivity contribution in [2.45, 2.75) is 50.9 Å². The van der Waals surface area contributed by atoms with Crippen molar-refractivity contribution in [3.63, 3.8) is 0 Å². The Morgan fingerprint density at radius 3 is 2.10 bits per heavy atom. The van der Waals surface area contributed by atoms with Crippen LogP contribution in [-0.4, -0.2) is 50.9 Å². The first-order valence-electron chi connectivity index (χ1n) is 13.1. The summed E-state index contributed by atoms with van der Waals surface area (Å²) in [4.78, 5) is 41.7. The van der Waals surface area contributed by atoms with Crippen LogP contribution in [0.1, 0.15) is 41.5 Å². The second-order valence-corrected chi connectivity index (χ2v) is 9.43. The number of phenolic OH excluding ortho intramolecular Hbond substituents is 1. The first kappa shape index (κ1) is 30.7. The molecule has 9 N–H and O–H groups in total. The summed E-state index contributed by atoms with van der Waals surface area (Å²) in [5, 5.41) is 31.6. The maximum Gasteiger partial charge on any atom is 0.303 e. The van der Waals surface area contributed by atoms with Gasteiger partial charge in [-0.1, -0.05) is 36.4 Å². The van der Waals surface area contributed by atoms with Gasteiger partial charge in [-0.05, 0) is 60.2 Å². The number of hydrazine groups is 1. The summed E-state index contributed by atoms with van der Waals surface area (Å²) in [5.74, 6) is -1.98. The number of aromatic hydroxyl groups is 1. The number of hydrogen-bond acceptors (Lipinski definition) is 8. The lowest BCUT2D eigenvalue weighted by Gasteiger charge is -2.23. The Bertz CT molecular complexity index is 1300. The summed E-state index contributed by atoms with van der Waals surface area (Å²) in [6.07, 6.45) is 3.88. The van der Waals surface area contributed by atoms with Crippen molar-refractivity contribution < 1.29 is 24.6 Å². The van der Waals surface area contributed by atoms with E-state index < -0.39 is 29.9 Å². The highest BCUT2D eigenvalue weighted by Gasteiger charge is 2.26. The monoisotopic (exact) mass is 561 g/mol. The van der Waals surface area contributed by atoms with E-state index in [0.717, 1.165) is 16.7 Å². The number of aliphatic carboxylic acids is 1. The van der Waals surface area contributed by atoms with Gasteiger partial charge in [-0.15, -0.1) is 0 Å². The van der Waals surface area contributed by atoms with Gasteiger partial charge in [0.25, 0.3) is 0 Å². The van der Waals surface area contributed by atoms with Gasteiger partial charge in [0, 0.05) is 37.5 Å². The molecule has 1 heterocycles. The van der Waals surface area contributed by atoms with Gasteiger partial charge in [0.05, 0.1) is 0 Å². The molecule has 12 heteroatoms. The SMILES string of the molecule is N=C(N)c1ccc(CNC(=O)[C@H](CCC(=O)O)NC(=O)[C@@H](CCc2ccncc2)NNCc2ccc(O)cc2)cc1. The van der Waals surface area contributed by atoms with E-state index in [-0.39, 0.29) is 31.0 Å². The number of pyridine rings is 1. The third-order valence-electron chi connectivity index (χ3n) is 6.30. The number of nitrogens with two attached hydrogens (primary N) is 1. The molecule has 216 valence electrons. The molecule has 0 aliphatic heterocycles. The van der Waals surface area contributed by atoms with Crippen LogP contribution in [0.25, 0.3) is 0 Å². The third-order valence-corrected chi connectivity index (χ3v) is 6.30. The highest BCUT2D eigenvalue weighted by molar-refractivity contribution is 5.95. The van der Waals surface area contributed by atoms with Gasteiger partial charge in [0.2, 0.25) is 11.8 Å². The predicted molar refractivity (Wildman–Crippen MR) is 153 cm³/mol. The number of carbonyl (C=O) groups excluding carboxylic acids is 2. The van der Waals surface area contributed by atoms with E-state index in [4.69, 9.17) is 11.1 Å². The van der Waals surface area contributed by atoms with E-state index >= 15 is 0 Å². The number of carbonyl (C=O) groups is 3. The summed E-state index contributed by atoms with van der Waals surface area (Å²) in [7, 11) is 0. The molecule has 0 bridgehead atoms. The molecule has 41 heavy (non-hydrogen) atoms. The number of nitrogens with one attached hydrogen (secondary N) is 5. The Morgan fingerprint density at radius 1 is 0.829 bits per heavy atom. The number of aromatic nitrogens is 1. The Labute approximate surface area is 237 Å². The van der Waals surface area contributed by atoms with Crippen LogP contribution in [0, 0.1) is 5.41 Å². The lowest BCUT2D eigenvalue weighted by molar-refractivity contribution is -0.138. The number of nitrogen functional groups attached to an aromatic ring is 1. The molecule has 2 amide bonds. The summed E-state index contributed by atoms with van der Waals surface area (Å²) in [5.41, 5.74) is 14.7. The maximum absolute atomic E-state index is 13.4. The fourth-order valence-electron chi connectivity index (χ4n) is 3.94. The number of hydrogen-bond donors (Lipinski definition) is 8. The van der Waals surface area contributed by atoms with Crippen LogP contribution in [-0.2, 0) is 33.9 Å². The van der Waals surface area contributed by atoms with Crippen LogP contribution in [0.2, 0.25) is 0 Å². The van der Waals surface area contributed by atoms with E-state index in [2.05, 4.69) is 26.5 Å². The Kier molecular flexibility index (Phi) is 11.8. The van der Waals surface area contributed by atoms with Gasteiger partial charge in [0.1, 0.15) is 23.7 Å². The highest BCUT2D eigenvalue weighted by atomic mass is 16.4. The quantitative estimate of drug-likeness (QED) is 0.0721. The number of phenols is 1. The lowest BCUT2D eigenvalue weighted by atomic mass is 10.0. The number of benzene rings is 2. The molecule has 0 aliphatic carbocycles. The van der Waals surface area contributed by atoms with Gasteiger partial charge in [0.15, 0.2) is 0 Å². The number of rotatable bonds is 16. The molecule has 3 rings (SSSR count). The molecule has 0 radical (unpaired) electrons. The molecular formula is C29H35N7O5. The van der Waals surface area contributed by atoms with Crippen LogP contribution >= 0.6 is 0 Å². The van der Waals surface area contributed by atoms with Gasteiger partial charge in [-0.25, -0.2) is 5.43 Å². The standard InChI is InChI=1S/C29H35N7O5/c30-27(31)22-6-1-20(2-7-22)17-33-28(40)24(11-12-26(38)39)35-29(41)25(10-5-19-13-15-32-16-14-19)36-34-18-21-3-8-23(37)9-4-21/h1-4,6-9,13-16,24-25,34,36-37H,5,10-12,17-18H2,(H3,30,31)(H,33,40)(H,35,41)(H,38,39)/t24-,25+/m0/s1. The second-order valence-electron chi connectivity index (χ2n) is 9.43. The fourth-order valence-corrected chi connectivity index (χ4v) is 3.94. The minimum absolute atomic E-state index is 0.0679. The molecule has 12 nitrogen and oxygen atoms in total. The highest BCUT2D eigenvalue weighted by Crippen LogP contribution is 2.10. The molecule has 1 aromatic heterocycles. The van der Waals surface area contributed by atoms with Crippen molar-refractivity contribution in [3.8, 4) is 5.75 Å². The minimum Gasteiger partial charge on any atom is -0.508 e. The first-order valence-corrected chi connectivity index (χ1v) is 13.1. The van der Waals surface area contributed by atoms with Crippen molar-refractivity contribution in [2.75, 3.05) is 0 Å². The van der Waals surface area contributed by atoms with Crippen LogP contribution in [0.4, 0.5) is 0 Å². The normalized spacial score (nSPS) is 12.2. The molecule has 0 aliphatic rings. The predicted octanol–water partition coefficient (Wildman–Crippen LogP) is 1.33. The van der Waals surface area contributed by atoms with Crippen LogP contribution in [0.5, 0.6) is 5.75 Å². The smallest absolute Gasteiger partial charge is 0.303 e. The van der Waals surface area contributed by atoms with Crippen molar-refractivity contribution in [3.05, 3.63) is 95.3 Å². The van der Waals surface area contributed by atoms with Crippen molar-refractivity contribution in [2.24, 2.45) is 5.73 Å². The third kappa shape index (κ3) is 10.7. The molecule has 0 saturated carbocycles. The van der Waals surface area contributed by atoms with Crippen molar-refractivity contribution in [1.82, 2.24) is 26.5 Å². The molecule has 2 atom stereocenters. The van der Waals surface area contributed by atoms with E-state index in [1.165, 1.54) is 0 Å². The average Bonchev–Trinajstić information content (AvgIpc) is 2.97. The summed E-state index contributed by atoms with van der Waals surface area (Å²) >= 11 is 0. The number of nitrogens with zero attached hydrogens (tertiary/aromatic N) is 1. The second kappa shape index (κ2) is 15.7. The van der Waals surface area contributed by atoms with Crippen LogP contribution < -0.4 is 27.2 Å². The van der Waals surface area contributed by atoms with E-state index in [0.29, 0.717) is 24.9 Å².